The van der Waals surface area contributed by atoms with Crippen molar-refractivity contribution in [3.63, 3.8) is 0 Å². The van der Waals surface area contributed by atoms with Crippen molar-refractivity contribution in [3.8, 4) is 5.75 Å². The van der Waals surface area contributed by atoms with Crippen molar-refractivity contribution in [2.75, 3.05) is 18.0 Å². The third kappa shape index (κ3) is 3.00. The number of nitrogens with zero attached hydrogens (tertiary/aromatic N) is 1. The van der Waals surface area contributed by atoms with Crippen molar-refractivity contribution in [3.05, 3.63) is 24.3 Å². The van der Waals surface area contributed by atoms with E-state index in [1.165, 1.54) is 0 Å². The fraction of sp³-hybridized carbons (Fsp3) is 0.467. The number of ether oxygens (including phenoxy) is 1. The maximum atomic E-state index is 12.7. The molecule has 4 N–H and O–H groups in total. The second-order valence-electron chi connectivity index (χ2n) is 5.51. The molecule has 1 aromatic carbocycles. The number of carbonyl (C=O) groups is 2. The number of fused-ring (bicyclic) bond motifs is 1. The first kappa shape index (κ1) is 15.3. The van der Waals surface area contributed by atoms with Crippen molar-refractivity contribution < 1.29 is 14.3 Å². The minimum Gasteiger partial charge on any atom is -0.477 e. The van der Waals surface area contributed by atoms with Gasteiger partial charge in [-0.05, 0) is 18.1 Å². The molecule has 0 aromatic heterocycles. The Hall–Kier alpha value is -2.08. The molecule has 6 heteroatoms. The maximum Gasteiger partial charge on any atom is 0.260 e. The van der Waals surface area contributed by atoms with Gasteiger partial charge in [-0.25, -0.2) is 0 Å². The Kier molecular flexibility index (Phi) is 4.47. The lowest BCUT2D eigenvalue weighted by molar-refractivity contribution is -0.126. The number of hydrogen-bond acceptors (Lipinski definition) is 4. The molecule has 1 heterocycles. The van der Waals surface area contributed by atoms with Crippen LogP contribution in [0.15, 0.2) is 24.3 Å². The predicted molar refractivity (Wildman–Crippen MR) is 79.8 cm³/mol. The molecule has 0 spiro atoms. The zero-order valence-electron chi connectivity index (χ0n) is 12.3. The summed E-state index contributed by atoms with van der Waals surface area (Å²) < 4.78 is 5.55. The third-order valence-corrected chi connectivity index (χ3v) is 3.73. The molecule has 1 aliphatic heterocycles. The van der Waals surface area contributed by atoms with Crippen LogP contribution in [0.2, 0.25) is 0 Å². The molecule has 0 fully saturated rings. The Morgan fingerprint density at radius 1 is 1.38 bits per heavy atom. The summed E-state index contributed by atoms with van der Waals surface area (Å²) in [6, 6.07) is 7.11. The Morgan fingerprint density at radius 2 is 2.05 bits per heavy atom. The minimum atomic E-state index is -0.838. The van der Waals surface area contributed by atoms with E-state index in [-0.39, 0.29) is 30.8 Å². The molecule has 0 radical (unpaired) electrons. The summed E-state index contributed by atoms with van der Waals surface area (Å²) in [5.74, 6) is -0.389. The van der Waals surface area contributed by atoms with Gasteiger partial charge in [0.25, 0.3) is 5.91 Å². The highest BCUT2D eigenvalue weighted by Crippen LogP contribution is 2.34. The first-order chi connectivity index (χ1) is 9.95. The van der Waals surface area contributed by atoms with Gasteiger partial charge in [0.05, 0.1) is 18.2 Å². The summed E-state index contributed by atoms with van der Waals surface area (Å²) in [5, 5.41) is 0. The van der Waals surface area contributed by atoms with Crippen LogP contribution < -0.4 is 21.1 Å². The first-order valence-corrected chi connectivity index (χ1v) is 7.02. The molecular weight excluding hydrogens is 270 g/mol. The number of anilines is 1. The normalized spacial score (nSPS) is 18.9. The number of nitrogens with two attached hydrogens (primary N) is 2. The highest BCUT2D eigenvalue weighted by molar-refractivity contribution is 5.98. The molecule has 0 bridgehead atoms. The zero-order valence-corrected chi connectivity index (χ0v) is 12.3. The topological polar surface area (TPSA) is 98.7 Å². The van der Waals surface area contributed by atoms with Crippen LogP contribution in [0.25, 0.3) is 0 Å². The van der Waals surface area contributed by atoms with Crippen molar-refractivity contribution >= 4 is 17.5 Å². The first-order valence-electron chi connectivity index (χ1n) is 7.02. The Morgan fingerprint density at radius 3 is 2.62 bits per heavy atom. The van der Waals surface area contributed by atoms with Crippen LogP contribution in [0.4, 0.5) is 5.69 Å². The molecule has 1 aliphatic rings. The van der Waals surface area contributed by atoms with Crippen LogP contribution >= 0.6 is 0 Å². The van der Waals surface area contributed by atoms with E-state index in [1.807, 2.05) is 19.9 Å². The van der Waals surface area contributed by atoms with Crippen molar-refractivity contribution in [2.24, 2.45) is 23.3 Å². The highest BCUT2D eigenvalue weighted by atomic mass is 16.5. The quantitative estimate of drug-likeness (QED) is 0.843. The van der Waals surface area contributed by atoms with Crippen molar-refractivity contribution in [1.82, 2.24) is 0 Å². The number of hydrogen-bond donors (Lipinski definition) is 2. The summed E-state index contributed by atoms with van der Waals surface area (Å²) in [7, 11) is 0. The van der Waals surface area contributed by atoms with Gasteiger partial charge in [0.1, 0.15) is 5.75 Å². The number of amides is 2. The molecule has 6 nitrogen and oxygen atoms in total. The number of para-hydroxylation sites is 2. The second kappa shape index (κ2) is 6.13. The van der Waals surface area contributed by atoms with Gasteiger partial charge in [0, 0.05) is 6.54 Å². The van der Waals surface area contributed by atoms with E-state index in [9.17, 15) is 9.59 Å². The van der Waals surface area contributed by atoms with E-state index in [0.29, 0.717) is 11.4 Å². The van der Waals surface area contributed by atoms with Gasteiger partial charge in [-0.3, -0.25) is 9.59 Å². The highest BCUT2D eigenvalue weighted by Gasteiger charge is 2.35. The molecule has 1 aromatic rings. The van der Waals surface area contributed by atoms with Crippen LogP contribution in [-0.2, 0) is 9.59 Å². The van der Waals surface area contributed by atoms with Gasteiger partial charge >= 0.3 is 0 Å². The molecule has 2 amide bonds. The van der Waals surface area contributed by atoms with E-state index >= 15 is 0 Å². The van der Waals surface area contributed by atoms with Crippen LogP contribution in [0.1, 0.15) is 13.8 Å². The predicted octanol–water partition coefficient (Wildman–Crippen LogP) is 0.497. The molecule has 2 rings (SSSR count). The van der Waals surface area contributed by atoms with Crippen LogP contribution in [-0.4, -0.2) is 31.0 Å². The fourth-order valence-corrected chi connectivity index (χ4v) is 2.45. The van der Waals surface area contributed by atoms with E-state index < -0.39 is 12.0 Å². The second-order valence-corrected chi connectivity index (χ2v) is 5.51. The van der Waals surface area contributed by atoms with E-state index in [0.717, 1.165) is 0 Å². The Bertz CT molecular complexity index is 545. The average molecular weight is 291 g/mol. The van der Waals surface area contributed by atoms with Gasteiger partial charge < -0.3 is 21.1 Å². The molecule has 2 atom stereocenters. The third-order valence-electron chi connectivity index (χ3n) is 3.73. The zero-order chi connectivity index (χ0) is 15.6. The van der Waals surface area contributed by atoms with E-state index in [4.69, 9.17) is 16.2 Å². The summed E-state index contributed by atoms with van der Waals surface area (Å²) >= 11 is 0. The number of carbonyl (C=O) groups excluding carboxylic acids is 2. The van der Waals surface area contributed by atoms with Gasteiger partial charge in [-0.2, -0.15) is 0 Å². The smallest absolute Gasteiger partial charge is 0.260 e. The lowest BCUT2D eigenvalue weighted by atomic mass is 9.93. The van der Waals surface area contributed by atoms with Crippen molar-refractivity contribution in [1.29, 1.82) is 0 Å². The Balaban J connectivity index is 2.37. The average Bonchev–Trinajstić information content (AvgIpc) is 2.46. The minimum absolute atomic E-state index is 0.102. The number of primary amides is 1. The lowest BCUT2D eigenvalue weighted by Gasteiger charge is -2.36. The Labute approximate surface area is 124 Å². The van der Waals surface area contributed by atoms with Gasteiger partial charge in [-0.1, -0.05) is 26.0 Å². The van der Waals surface area contributed by atoms with Crippen LogP contribution in [0, 0.1) is 11.8 Å². The maximum absolute atomic E-state index is 12.7. The standard InChI is InChI=1S/C15H21N3O3/c1-9(2)10(7-16)15(20)18-8-13(14(17)19)21-12-6-4-3-5-11(12)18/h3-6,9-10,13H,7-8,16H2,1-2H3,(H2,17,19). The van der Waals surface area contributed by atoms with E-state index in [2.05, 4.69) is 0 Å². The summed E-state index contributed by atoms with van der Waals surface area (Å²) in [5.41, 5.74) is 11.7. The monoisotopic (exact) mass is 291 g/mol. The molecule has 114 valence electrons. The molecular formula is C15H21N3O3. The molecule has 21 heavy (non-hydrogen) atoms. The van der Waals surface area contributed by atoms with Gasteiger partial charge in [0.15, 0.2) is 6.10 Å². The molecule has 2 unspecified atom stereocenters. The molecule has 0 aliphatic carbocycles. The SMILES string of the molecule is CC(C)C(CN)C(=O)N1CC(C(N)=O)Oc2ccccc21. The van der Waals surface area contributed by atoms with Crippen molar-refractivity contribution in [2.45, 2.75) is 20.0 Å². The van der Waals surface area contributed by atoms with Gasteiger partial charge in [0.2, 0.25) is 5.91 Å². The molecule has 0 saturated carbocycles. The summed E-state index contributed by atoms with van der Waals surface area (Å²) in [6.45, 7) is 4.28. The largest absolute Gasteiger partial charge is 0.477 e. The number of benzene rings is 1. The van der Waals surface area contributed by atoms with E-state index in [1.54, 1.807) is 23.1 Å². The molecule has 0 saturated heterocycles. The summed E-state index contributed by atoms with van der Waals surface area (Å²) in [4.78, 5) is 25.7. The van der Waals surface area contributed by atoms with Crippen LogP contribution in [0.3, 0.4) is 0 Å². The summed E-state index contributed by atoms with van der Waals surface area (Å²) in [6.07, 6.45) is -0.838. The fourth-order valence-electron chi connectivity index (χ4n) is 2.45. The van der Waals surface area contributed by atoms with Gasteiger partial charge in [-0.15, -0.1) is 0 Å². The van der Waals surface area contributed by atoms with Crippen LogP contribution in [0.5, 0.6) is 5.75 Å². The number of rotatable bonds is 4. The lowest BCUT2D eigenvalue weighted by Crippen LogP contribution is -2.52.